The normalized spacial score (nSPS) is 11.9. The third kappa shape index (κ3) is 4.12. The highest BCUT2D eigenvalue weighted by molar-refractivity contribution is 9.10. The highest BCUT2D eigenvalue weighted by Crippen LogP contribution is 2.19. The molecule has 2 N–H and O–H groups in total. The molecule has 13 heavy (non-hydrogen) atoms. The molecule has 1 atom stereocenters. The van der Waals surface area contributed by atoms with Crippen molar-refractivity contribution in [2.75, 3.05) is 0 Å². The van der Waals surface area contributed by atoms with E-state index in [9.17, 15) is 0 Å². The van der Waals surface area contributed by atoms with Crippen LogP contribution in [0.25, 0.3) is 0 Å². The van der Waals surface area contributed by atoms with Gasteiger partial charge in [0.25, 0.3) is 0 Å². The Morgan fingerprint density at radius 2 is 2.15 bits per heavy atom. The van der Waals surface area contributed by atoms with Crippen LogP contribution in [0.4, 0.5) is 0 Å². The van der Waals surface area contributed by atoms with Crippen LogP contribution in [0.2, 0.25) is 0 Å². The first-order valence-electron chi connectivity index (χ1n) is 4.25. The molecule has 1 rings (SSSR count). The molecule has 74 valence electrons. The SMILES string of the molecule is CCC[C@@H](N)c1cccc(Br)c1.Cl. The van der Waals surface area contributed by atoms with Gasteiger partial charge in [-0.3, -0.25) is 0 Å². The fourth-order valence-electron chi connectivity index (χ4n) is 1.21. The lowest BCUT2D eigenvalue weighted by Gasteiger charge is -2.10. The Morgan fingerprint density at radius 3 is 2.69 bits per heavy atom. The predicted molar refractivity (Wildman–Crippen MR) is 63.2 cm³/mol. The molecule has 1 aromatic rings. The van der Waals surface area contributed by atoms with Gasteiger partial charge in [0.1, 0.15) is 0 Å². The van der Waals surface area contributed by atoms with E-state index in [1.165, 1.54) is 5.56 Å². The van der Waals surface area contributed by atoms with Gasteiger partial charge in [0.2, 0.25) is 0 Å². The largest absolute Gasteiger partial charge is 0.324 e. The van der Waals surface area contributed by atoms with Gasteiger partial charge in [-0.15, -0.1) is 12.4 Å². The fraction of sp³-hybridized carbons (Fsp3) is 0.400. The molecule has 0 fully saturated rings. The second kappa shape index (κ2) is 6.41. The van der Waals surface area contributed by atoms with Gasteiger partial charge in [0, 0.05) is 10.5 Å². The molecule has 0 saturated heterocycles. The van der Waals surface area contributed by atoms with Crippen molar-refractivity contribution in [2.45, 2.75) is 25.8 Å². The van der Waals surface area contributed by atoms with Crippen LogP contribution < -0.4 is 5.73 Å². The van der Waals surface area contributed by atoms with E-state index in [0.717, 1.165) is 17.3 Å². The summed E-state index contributed by atoms with van der Waals surface area (Å²) >= 11 is 3.43. The number of nitrogens with two attached hydrogens (primary N) is 1. The predicted octanol–water partition coefficient (Wildman–Crippen LogP) is 3.67. The van der Waals surface area contributed by atoms with Gasteiger partial charge in [0.05, 0.1) is 0 Å². The molecule has 0 saturated carbocycles. The molecular formula is C10H15BrClN. The van der Waals surface area contributed by atoms with E-state index in [2.05, 4.69) is 35.0 Å². The van der Waals surface area contributed by atoms with Crippen LogP contribution in [-0.4, -0.2) is 0 Å². The maximum Gasteiger partial charge on any atom is 0.0295 e. The minimum atomic E-state index is 0. The molecule has 0 aromatic heterocycles. The monoisotopic (exact) mass is 263 g/mol. The molecule has 0 spiro atoms. The zero-order chi connectivity index (χ0) is 8.97. The smallest absolute Gasteiger partial charge is 0.0295 e. The molecule has 0 heterocycles. The molecule has 0 unspecified atom stereocenters. The maximum absolute atomic E-state index is 5.95. The van der Waals surface area contributed by atoms with Gasteiger partial charge in [-0.05, 0) is 24.1 Å². The molecule has 0 radical (unpaired) electrons. The Bertz CT molecular complexity index is 252. The van der Waals surface area contributed by atoms with E-state index in [1.807, 2.05) is 12.1 Å². The third-order valence-corrected chi connectivity index (χ3v) is 2.37. The van der Waals surface area contributed by atoms with Crippen LogP contribution >= 0.6 is 28.3 Å². The summed E-state index contributed by atoms with van der Waals surface area (Å²) in [7, 11) is 0. The zero-order valence-electron chi connectivity index (χ0n) is 7.66. The van der Waals surface area contributed by atoms with E-state index < -0.39 is 0 Å². The van der Waals surface area contributed by atoms with Crippen molar-refractivity contribution in [3.63, 3.8) is 0 Å². The molecule has 1 aromatic carbocycles. The van der Waals surface area contributed by atoms with Gasteiger partial charge >= 0.3 is 0 Å². The lowest BCUT2D eigenvalue weighted by atomic mass is 10.0. The maximum atomic E-state index is 5.95. The standard InChI is InChI=1S/C10H14BrN.ClH/c1-2-4-10(12)8-5-3-6-9(11)7-8;/h3,5-7,10H,2,4,12H2,1H3;1H/t10-;/m1./s1. The summed E-state index contributed by atoms with van der Waals surface area (Å²) in [6, 6.07) is 8.38. The van der Waals surface area contributed by atoms with E-state index in [4.69, 9.17) is 5.73 Å². The summed E-state index contributed by atoms with van der Waals surface area (Å²) in [4.78, 5) is 0. The summed E-state index contributed by atoms with van der Waals surface area (Å²) < 4.78 is 1.10. The Balaban J connectivity index is 0.00000144. The third-order valence-electron chi connectivity index (χ3n) is 1.88. The van der Waals surface area contributed by atoms with Crippen LogP contribution in [0, 0.1) is 0 Å². The molecule has 0 bridgehead atoms. The first-order valence-corrected chi connectivity index (χ1v) is 5.04. The van der Waals surface area contributed by atoms with Crippen molar-refractivity contribution in [1.82, 2.24) is 0 Å². The van der Waals surface area contributed by atoms with Crippen LogP contribution in [0.5, 0.6) is 0 Å². The van der Waals surface area contributed by atoms with E-state index in [0.29, 0.717) is 0 Å². The van der Waals surface area contributed by atoms with Crippen molar-refractivity contribution in [2.24, 2.45) is 5.73 Å². The topological polar surface area (TPSA) is 26.0 Å². The molecule has 3 heteroatoms. The molecule has 0 amide bonds. The quantitative estimate of drug-likeness (QED) is 0.886. The summed E-state index contributed by atoms with van der Waals surface area (Å²) in [5, 5.41) is 0. The molecule has 0 aliphatic rings. The average molecular weight is 265 g/mol. The Labute approximate surface area is 94.3 Å². The van der Waals surface area contributed by atoms with Crippen LogP contribution in [0.15, 0.2) is 28.7 Å². The molecular weight excluding hydrogens is 249 g/mol. The first kappa shape index (κ1) is 12.9. The Kier molecular flexibility index (Phi) is 6.39. The molecule has 0 aliphatic carbocycles. The second-order valence-electron chi connectivity index (χ2n) is 2.95. The fourth-order valence-corrected chi connectivity index (χ4v) is 1.63. The second-order valence-corrected chi connectivity index (χ2v) is 3.87. The van der Waals surface area contributed by atoms with Crippen molar-refractivity contribution in [3.8, 4) is 0 Å². The van der Waals surface area contributed by atoms with Gasteiger partial charge < -0.3 is 5.73 Å². The highest BCUT2D eigenvalue weighted by atomic mass is 79.9. The Hall–Kier alpha value is -0.0500. The van der Waals surface area contributed by atoms with Crippen molar-refractivity contribution in [1.29, 1.82) is 0 Å². The van der Waals surface area contributed by atoms with Gasteiger partial charge in [0.15, 0.2) is 0 Å². The highest BCUT2D eigenvalue weighted by Gasteiger charge is 2.03. The summed E-state index contributed by atoms with van der Waals surface area (Å²) in [6.45, 7) is 2.15. The zero-order valence-corrected chi connectivity index (χ0v) is 10.1. The number of hydrogen-bond donors (Lipinski definition) is 1. The molecule has 0 aliphatic heterocycles. The Morgan fingerprint density at radius 1 is 1.46 bits per heavy atom. The number of hydrogen-bond acceptors (Lipinski definition) is 1. The van der Waals surface area contributed by atoms with Crippen LogP contribution in [-0.2, 0) is 0 Å². The minimum absolute atomic E-state index is 0. The van der Waals surface area contributed by atoms with Gasteiger partial charge in [-0.25, -0.2) is 0 Å². The van der Waals surface area contributed by atoms with Crippen molar-refractivity contribution >= 4 is 28.3 Å². The van der Waals surface area contributed by atoms with E-state index in [1.54, 1.807) is 0 Å². The van der Waals surface area contributed by atoms with E-state index in [-0.39, 0.29) is 18.4 Å². The van der Waals surface area contributed by atoms with E-state index >= 15 is 0 Å². The first-order chi connectivity index (χ1) is 5.74. The average Bonchev–Trinajstić information content (AvgIpc) is 2.05. The summed E-state index contributed by atoms with van der Waals surface area (Å²) in [6.07, 6.45) is 2.18. The number of benzene rings is 1. The molecule has 1 nitrogen and oxygen atoms in total. The lowest BCUT2D eigenvalue weighted by Crippen LogP contribution is -2.09. The number of rotatable bonds is 3. The number of halogens is 2. The van der Waals surface area contributed by atoms with Crippen molar-refractivity contribution in [3.05, 3.63) is 34.3 Å². The van der Waals surface area contributed by atoms with Gasteiger partial charge in [-0.1, -0.05) is 41.4 Å². The van der Waals surface area contributed by atoms with Crippen LogP contribution in [0.3, 0.4) is 0 Å². The summed E-state index contributed by atoms with van der Waals surface area (Å²) in [5.74, 6) is 0. The van der Waals surface area contributed by atoms with Crippen molar-refractivity contribution < 1.29 is 0 Å². The minimum Gasteiger partial charge on any atom is -0.324 e. The summed E-state index contributed by atoms with van der Waals surface area (Å²) in [5.41, 5.74) is 7.17. The van der Waals surface area contributed by atoms with Gasteiger partial charge in [-0.2, -0.15) is 0 Å². The lowest BCUT2D eigenvalue weighted by molar-refractivity contribution is 0.638. The van der Waals surface area contributed by atoms with Crippen LogP contribution in [0.1, 0.15) is 31.4 Å².